The van der Waals surface area contributed by atoms with Crippen molar-refractivity contribution >= 4 is 5.97 Å². The summed E-state index contributed by atoms with van der Waals surface area (Å²) in [5, 5.41) is 28.9. The van der Waals surface area contributed by atoms with E-state index in [0.717, 1.165) is 37.7 Å². The molecule has 0 aromatic carbocycles. The lowest BCUT2D eigenvalue weighted by molar-refractivity contribution is -0.138. The summed E-state index contributed by atoms with van der Waals surface area (Å²) in [5.74, 6) is -0.347. The summed E-state index contributed by atoms with van der Waals surface area (Å²) in [4.78, 5) is 11.0. The van der Waals surface area contributed by atoms with Gasteiger partial charge in [-0.05, 0) is 43.9 Å². The van der Waals surface area contributed by atoms with Gasteiger partial charge in [0, 0.05) is 5.92 Å². The average Bonchev–Trinajstić information content (AvgIpc) is 2.72. The number of carboxylic acid groups (broad SMARTS) is 1. The van der Waals surface area contributed by atoms with Crippen LogP contribution < -0.4 is 0 Å². The minimum absolute atomic E-state index is 0.0127. The van der Waals surface area contributed by atoms with Crippen LogP contribution in [0.15, 0.2) is 11.6 Å². The fraction of sp³-hybridized carbons (Fsp3) is 0.812. The predicted octanol–water partition coefficient (Wildman–Crippen LogP) is 2.35. The first-order valence-corrected chi connectivity index (χ1v) is 7.80. The molecule has 2 aliphatic rings. The molecule has 4 heteroatoms. The van der Waals surface area contributed by atoms with Crippen molar-refractivity contribution in [3.8, 4) is 0 Å². The summed E-state index contributed by atoms with van der Waals surface area (Å²) in [5.41, 5.74) is 1.13. The maximum Gasteiger partial charge on any atom is 0.304 e. The Morgan fingerprint density at radius 2 is 2.15 bits per heavy atom. The maximum atomic E-state index is 11.0. The molecular weight excluding hydrogens is 256 g/mol. The number of hydrogen-bond donors (Lipinski definition) is 3. The first-order chi connectivity index (χ1) is 9.52. The van der Waals surface area contributed by atoms with E-state index in [-0.39, 0.29) is 18.4 Å². The quantitative estimate of drug-likeness (QED) is 0.676. The first-order valence-electron chi connectivity index (χ1n) is 7.80. The van der Waals surface area contributed by atoms with E-state index in [9.17, 15) is 15.0 Å². The van der Waals surface area contributed by atoms with Crippen LogP contribution >= 0.6 is 0 Å². The molecule has 114 valence electrons. The number of carboxylic acids is 1. The number of carbonyl (C=O) groups is 1. The van der Waals surface area contributed by atoms with Crippen molar-refractivity contribution in [2.75, 3.05) is 0 Å². The minimum atomic E-state index is -0.847. The molecule has 0 bridgehead atoms. The second kappa shape index (κ2) is 6.72. The number of rotatable bonds is 5. The zero-order chi connectivity index (χ0) is 14.7. The van der Waals surface area contributed by atoms with Crippen LogP contribution in [0.4, 0.5) is 0 Å². The molecule has 0 aliphatic heterocycles. The molecule has 4 nitrogen and oxygen atoms in total. The van der Waals surface area contributed by atoms with Gasteiger partial charge in [-0.15, -0.1) is 0 Å². The van der Waals surface area contributed by atoms with Crippen molar-refractivity contribution in [2.24, 2.45) is 17.8 Å². The Morgan fingerprint density at radius 1 is 1.40 bits per heavy atom. The van der Waals surface area contributed by atoms with Gasteiger partial charge in [0.05, 0.1) is 18.6 Å². The predicted molar refractivity (Wildman–Crippen MR) is 76.2 cm³/mol. The van der Waals surface area contributed by atoms with Crippen molar-refractivity contribution in [3.05, 3.63) is 11.6 Å². The Hall–Kier alpha value is -0.870. The normalized spacial score (nSPS) is 35.6. The van der Waals surface area contributed by atoms with Crippen LogP contribution in [0, 0.1) is 17.8 Å². The zero-order valence-corrected chi connectivity index (χ0v) is 12.2. The molecular formula is C16H26O4. The molecule has 5 unspecified atom stereocenters. The van der Waals surface area contributed by atoms with Crippen LogP contribution in [0.2, 0.25) is 0 Å². The first kappa shape index (κ1) is 15.5. The molecule has 0 saturated heterocycles. The highest BCUT2D eigenvalue weighted by Gasteiger charge is 2.37. The lowest BCUT2D eigenvalue weighted by atomic mass is 9.71. The van der Waals surface area contributed by atoms with Crippen molar-refractivity contribution in [2.45, 2.75) is 64.1 Å². The SMILES string of the molecule is CCC(C1=CCC(O)C1CC(=O)O)C1CCCC(O)C1. The Kier molecular flexibility index (Phi) is 5.22. The third-order valence-corrected chi connectivity index (χ3v) is 5.01. The van der Waals surface area contributed by atoms with Crippen LogP contribution in [0.1, 0.15) is 51.9 Å². The molecule has 0 spiro atoms. The lowest BCUT2D eigenvalue weighted by Gasteiger charge is -2.35. The van der Waals surface area contributed by atoms with Gasteiger partial charge in [0.2, 0.25) is 0 Å². The van der Waals surface area contributed by atoms with E-state index in [4.69, 9.17) is 5.11 Å². The van der Waals surface area contributed by atoms with Gasteiger partial charge in [-0.3, -0.25) is 4.79 Å². The van der Waals surface area contributed by atoms with Crippen LogP contribution in [-0.2, 0) is 4.79 Å². The summed E-state index contributed by atoms with van der Waals surface area (Å²) in [6.45, 7) is 2.12. The van der Waals surface area contributed by atoms with E-state index < -0.39 is 12.1 Å². The van der Waals surface area contributed by atoms with Crippen molar-refractivity contribution in [3.63, 3.8) is 0 Å². The van der Waals surface area contributed by atoms with E-state index in [1.54, 1.807) is 0 Å². The second-order valence-corrected chi connectivity index (χ2v) is 6.31. The summed E-state index contributed by atoms with van der Waals surface area (Å²) < 4.78 is 0. The Balaban J connectivity index is 2.11. The van der Waals surface area contributed by atoms with Crippen molar-refractivity contribution < 1.29 is 20.1 Å². The average molecular weight is 282 g/mol. The van der Waals surface area contributed by atoms with Crippen LogP contribution in [0.5, 0.6) is 0 Å². The van der Waals surface area contributed by atoms with Gasteiger partial charge in [-0.25, -0.2) is 0 Å². The van der Waals surface area contributed by atoms with E-state index in [1.165, 1.54) is 0 Å². The van der Waals surface area contributed by atoms with E-state index in [2.05, 4.69) is 6.92 Å². The van der Waals surface area contributed by atoms with Gasteiger partial charge < -0.3 is 15.3 Å². The van der Waals surface area contributed by atoms with Gasteiger partial charge in [0.15, 0.2) is 0 Å². The minimum Gasteiger partial charge on any atom is -0.481 e. The second-order valence-electron chi connectivity index (χ2n) is 6.31. The molecule has 0 aromatic rings. The summed E-state index contributed by atoms with van der Waals surface area (Å²) in [6.07, 6.45) is 6.65. The van der Waals surface area contributed by atoms with Gasteiger partial charge in [-0.1, -0.05) is 25.0 Å². The Morgan fingerprint density at radius 3 is 2.75 bits per heavy atom. The molecule has 0 aromatic heterocycles. The molecule has 20 heavy (non-hydrogen) atoms. The highest BCUT2D eigenvalue weighted by molar-refractivity contribution is 5.68. The zero-order valence-electron chi connectivity index (χ0n) is 12.2. The van der Waals surface area contributed by atoms with Crippen molar-refractivity contribution in [1.82, 2.24) is 0 Å². The van der Waals surface area contributed by atoms with Crippen LogP contribution in [0.25, 0.3) is 0 Å². The number of aliphatic carboxylic acids is 1. The molecule has 2 aliphatic carbocycles. The smallest absolute Gasteiger partial charge is 0.304 e. The van der Waals surface area contributed by atoms with Gasteiger partial charge in [-0.2, -0.15) is 0 Å². The fourth-order valence-electron chi connectivity index (χ4n) is 4.07. The summed E-state index contributed by atoms with van der Waals surface area (Å²) in [6, 6.07) is 0. The molecule has 2 rings (SSSR count). The van der Waals surface area contributed by atoms with Gasteiger partial charge >= 0.3 is 5.97 Å². The third kappa shape index (κ3) is 3.41. The molecule has 1 saturated carbocycles. The summed E-state index contributed by atoms with van der Waals surface area (Å²) >= 11 is 0. The highest BCUT2D eigenvalue weighted by atomic mass is 16.4. The monoisotopic (exact) mass is 282 g/mol. The van der Waals surface area contributed by atoms with Gasteiger partial charge in [0.25, 0.3) is 0 Å². The third-order valence-electron chi connectivity index (χ3n) is 5.01. The largest absolute Gasteiger partial charge is 0.481 e. The van der Waals surface area contributed by atoms with Crippen molar-refractivity contribution in [1.29, 1.82) is 0 Å². The van der Waals surface area contributed by atoms with Gasteiger partial charge in [0.1, 0.15) is 0 Å². The maximum absolute atomic E-state index is 11.0. The van der Waals surface area contributed by atoms with E-state index in [1.807, 2.05) is 6.08 Å². The Bertz CT molecular complexity index is 377. The molecule has 3 N–H and O–H groups in total. The molecule has 5 atom stereocenters. The standard InChI is InChI=1S/C16H26O4/c1-2-12(10-4-3-5-11(17)8-10)13-6-7-15(18)14(13)9-16(19)20/h6,10-12,14-15,17-18H,2-5,7-9H2,1H3,(H,19,20). The number of aliphatic hydroxyl groups excluding tert-OH is 2. The van der Waals surface area contributed by atoms with Crippen LogP contribution in [0.3, 0.4) is 0 Å². The topological polar surface area (TPSA) is 77.8 Å². The number of hydrogen-bond acceptors (Lipinski definition) is 3. The Labute approximate surface area is 120 Å². The molecule has 0 heterocycles. The molecule has 0 amide bonds. The summed E-state index contributed by atoms with van der Waals surface area (Å²) in [7, 11) is 0. The lowest BCUT2D eigenvalue weighted by Crippen LogP contribution is -2.30. The fourth-order valence-corrected chi connectivity index (χ4v) is 4.07. The van der Waals surface area contributed by atoms with Crippen LogP contribution in [-0.4, -0.2) is 33.5 Å². The molecule has 1 fully saturated rings. The highest BCUT2D eigenvalue weighted by Crippen LogP contribution is 2.43. The number of aliphatic hydroxyl groups is 2. The molecule has 0 radical (unpaired) electrons. The van der Waals surface area contributed by atoms with E-state index in [0.29, 0.717) is 18.3 Å². The van der Waals surface area contributed by atoms with E-state index >= 15 is 0 Å².